The Bertz CT molecular complexity index is 1230. The quantitative estimate of drug-likeness (QED) is 0.578. The number of aromatic nitrogens is 5. The van der Waals surface area contributed by atoms with Crippen LogP contribution in [0.1, 0.15) is 30.9 Å². The molecule has 3 aliphatic rings. The Hall–Kier alpha value is -3.28. The van der Waals surface area contributed by atoms with Crippen molar-refractivity contribution in [1.29, 1.82) is 0 Å². The molecule has 3 fully saturated rings. The van der Waals surface area contributed by atoms with Crippen molar-refractivity contribution in [3.63, 3.8) is 0 Å². The monoisotopic (exact) mass is 473 g/mol. The molecule has 34 heavy (non-hydrogen) atoms. The van der Waals surface area contributed by atoms with Crippen LogP contribution in [0.3, 0.4) is 0 Å². The number of piperidine rings is 1. The Labute approximate surface area is 192 Å². The number of fused-ring (bicyclic) bond motifs is 1. The number of pyridine rings is 1. The van der Waals surface area contributed by atoms with Gasteiger partial charge in [-0.15, -0.1) is 0 Å². The maximum atomic E-state index is 12.8. The zero-order valence-electron chi connectivity index (χ0n) is 18.2. The minimum absolute atomic E-state index is 0.103. The average molecular weight is 473 g/mol. The summed E-state index contributed by atoms with van der Waals surface area (Å²) in [6.45, 7) is 3.11. The molecular formula is C22H22F3N7O2. The zero-order valence-corrected chi connectivity index (χ0v) is 18.2. The molecule has 178 valence electrons. The van der Waals surface area contributed by atoms with Crippen LogP contribution in [0, 0.1) is 5.41 Å². The van der Waals surface area contributed by atoms with Gasteiger partial charge in [-0.25, -0.2) is 19.6 Å². The molecule has 12 heteroatoms. The van der Waals surface area contributed by atoms with Crippen LogP contribution in [0.5, 0.6) is 0 Å². The van der Waals surface area contributed by atoms with E-state index >= 15 is 0 Å². The second-order valence-electron chi connectivity index (χ2n) is 9.26. The Balaban J connectivity index is 1.15. The Morgan fingerprint density at radius 1 is 1.03 bits per heavy atom. The number of halogens is 3. The molecule has 0 unspecified atom stereocenters. The Morgan fingerprint density at radius 2 is 1.82 bits per heavy atom. The van der Waals surface area contributed by atoms with E-state index in [1.165, 1.54) is 11.0 Å². The van der Waals surface area contributed by atoms with Crippen LogP contribution >= 0.6 is 0 Å². The predicted octanol–water partition coefficient (Wildman–Crippen LogP) is 2.83. The van der Waals surface area contributed by atoms with Crippen molar-refractivity contribution in [3.8, 4) is 0 Å². The molecule has 3 aliphatic heterocycles. The second-order valence-corrected chi connectivity index (χ2v) is 9.26. The van der Waals surface area contributed by atoms with Gasteiger partial charge in [0, 0.05) is 37.7 Å². The average Bonchev–Trinajstić information content (AvgIpc) is 3.33. The summed E-state index contributed by atoms with van der Waals surface area (Å²) in [5.74, 6) is 0.935. The number of carbonyl (C=O) groups is 1. The van der Waals surface area contributed by atoms with Gasteiger partial charge < -0.3 is 9.64 Å². The van der Waals surface area contributed by atoms with Gasteiger partial charge in [-0.1, -0.05) is 0 Å². The molecule has 6 heterocycles. The molecule has 0 radical (unpaired) electrons. The van der Waals surface area contributed by atoms with Crippen LogP contribution < -0.4 is 9.80 Å². The van der Waals surface area contributed by atoms with E-state index in [0.29, 0.717) is 39.3 Å². The van der Waals surface area contributed by atoms with Gasteiger partial charge in [0.15, 0.2) is 5.65 Å². The second kappa shape index (κ2) is 7.62. The third-order valence-corrected chi connectivity index (χ3v) is 7.08. The van der Waals surface area contributed by atoms with E-state index < -0.39 is 11.7 Å². The van der Waals surface area contributed by atoms with Gasteiger partial charge >= 0.3 is 6.18 Å². The minimum atomic E-state index is -4.45. The highest BCUT2D eigenvalue weighted by molar-refractivity contribution is 5.95. The van der Waals surface area contributed by atoms with E-state index in [1.807, 2.05) is 4.68 Å². The van der Waals surface area contributed by atoms with Crippen LogP contribution in [-0.4, -0.2) is 63.5 Å². The van der Waals surface area contributed by atoms with Crippen molar-refractivity contribution in [2.75, 3.05) is 42.6 Å². The Morgan fingerprint density at radius 3 is 2.47 bits per heavy atom. The predicted molar refractivity (Wildman–Crippen MR) is 115 cm³/mol. The van der Waals surface area contributed by atoms with Gasteiger partial charge in [-0.2, -0.15) is 18.3 Å². The van der Waals surface area contributed by atoms with E-state index in [1.54, 1.807) is 12.4 Å². The summed E-state index contributed by atoms with van der Waals surface area (Å²) >= 11 is 0. The first-order valence-electron chi connectivity index (χ1n) is 11.2. The summed E-state index contributed by atoms with van der Waals surface area (Å²) in [6, 6.07) is 2.43. The number of carbonyl (C=O) groups excluding carboxylic acids is 1. The summed E-state index contributed by atoms with van der Waals surface area (Å²) in [6.07, 6.45) is 1.69. The van der Waals surface area contributed by atoms with Crippen molar-refractivity contribution in [2.45, 2.75) is 31.5 Å². The maximum Gasteiger partial charge on any atom is 0.417 e. The lowest BCUT2D eigenvalue weighted by Crippen LogP contribution is -2.42. The molecule has 0 aromatic carbocycles. The first kappa shape index (κ1) is 21.3. The fraction of sp³-hybridized carbons (Fsp3) is 0.500. The van der Waals surface area contributed by atoms with Crippen molar-refractivity contribution >= 4 is 28.7 Å². The van der Waals surface area contributed by atoms with Gasteiger partial charge in [-0.05, 0) is 25.0 Å². The number of hydrogen-bond acceptors (Lipinski definition) is 7. The molecule has 0 bridgehead atoms. The molecule has 0 saturated carbocycles. The number of rotatable bonds is 3. The largest absolute Gasteiger partial charge is 0.417 e. The zero-order chi connectivity index (χ0) is 23.5. The van der Waals surface area contributed by atoms with Crippen molar-refractivity contribution in [2.24, 2.45) is 5.41 Å². The summed E-state index contributed by atoms with van der Waals surface area (Å²) in [5.41, 5.74) is 0.433. The van der Waals surface area contributed by atoms with E-state index in [4.69, 9.17) is 9.72 Å². The fourth-order valence-corrected chi connectivity index (χ4v) is 4.96. The van der Waals surface area contributed by atoms with Crippen LogP contribution in [0.25, 0.3) is 11.2 Å². The maximum absolute atomic E-state index is 12.8. The van der Waals surface area contributed by atoms with Gasteiger partial charge in [0.05, 0.1) is 31.2 Å². The third-order valence-electron chi connectivity index (χ3n) is 7.08. The van der Waals surface area contributed by atoms with E-state index in [9.17, 15) is 18.0 Å². The fourth-order valence-electron chi connectivity index (χ4n) is 4.96. The standard InChI is InChI=1S/C22H22F3N7O2/c23-22(24,25)14-1-2-17(27-8-14)31-13-21(7-19(31)33)3-5-30(6-4-21)18-10-26-16-9-28-32(20(16)29-18)15-11-34-12-15/h1-2,8-10,15H,3-7,11-13H2. The smallest absolute Gasteiger partial charge is 0.377 e. The van der Waals surface area contributed by atoms with Crippen LogP contribution in [0.15, 0.2) is 30.7 Å². The minimum Gasteiger partial charge on any atom is -0.377 e. The summed E-state index contributed by atoms with van der Waals surface area (Å²) in [7, 11) is 0. The summed E-state index contributed by atoms with van der Waals surface area (Å²) in [5, 5.41) is 4.41. The molecule has 1 amide bonds. The first-order valence-corrected chi connectivity index (χ1v) is 11.2. The first-order chi connectivity index (χ1) is 16.3. The van der Waals surface area contributed by atoms with Gasteiger partial charge in [0.25, 0.3) is 0 Å². The van der Waals surface area contributed by atoms with Crippen LogP contribution in [0.2, 0.25) is 0 Å². The summed E-state index contributed by atoms with van der Waals surface area (Å²) < 4.78 is 45.7. The number of hydrogen-bond donors (Lipinski definition) is 0. The van der Waals surface area contributed by atoms with Gasteiger partial charge in [-0.3, -0.25) is 9.69 Å². The highest BCUT2D eigenvalue weighted by Crippen LogP contribution is 2.43. The highest BCUT2D eigenvalue weighted by atomic mass is 19.4. The van der Waals surface area contributed by atoms with Gasteiger partial charge in [0.1, 0.15) is 23.2 Å². The molecule has 3 saturated heterocycles. The molecule has 1 spiro atoms. The Kier molecular flexibility index (Phi) is 4.77. The van der Waals surface area contributed by atoms with E-state index in [-0.39, 0.29) is 23.2 Å². The molecule has 0 aliphatic carbocycles. The number of anilines is 2. The van der Waals surface area contributed by atoms with Gasteiger partial charge in [0.2, 0.25) is 5.91 Å². The lowest BCUT2D eigenvalue weighted by Gasteiger charge is -2.39. The number of nitrogens with zero attached hydrogens (tertiary/aromatic N) is 7. The lowest BCUT2D eigenvalue weighted by molar-refractivity contribution is -0.137. The SMILES string of the molecule is O=C1CC2(CCN(c3cnc4cnn(C5COC5)c4n3)CC2)CN1c1ccc(C(F)(F)F)cn1. The normalized spacial score (nSPS) is 21.0. The third kappa shape index (κ3) is 3.56. The van der Waals surface area contributed by atoms with E-state index in [2.05, 4.69) is 20.0 Å². The van der Waals surface area contributed by atoms with Crippen molar-refractivity contribution in [1.82, 2.24) is 24.7 Å². The lowest BCUT2D eigenvalue weighted by atomic mass is 9.77. The number of ether oxygens (including phenoxy) is 1. The number of alkyl halides is 3. The molecule has 3 aromatic heterocycles. The van der Waals surface area contributed by atoms with Crippen molar-refractivity contribution < 1.29 is 22.7 Å². The molecular weight excluding hydrogens is 451 g/mol. The molecule has 0 atom stereocenters. The van der Waals surface area contributed by atoms with Crippen molar-refractivity contribution in [3.05, 3.63) is 36.3 Å². The molecule has 3 aromatic rings. The van der Waals surface area contributed by atoms with Crippen LogP contribution in [-0.2, 0) is 15.7 Å². The summed E-state index contributed by atoms with van der Waals surface area (Å²) in [4.78, 5) is 29.7. The molecule has 6 rings (SSSR count). The van der Waals surface area contributed by atoms with Crippen LogP contribution in [0.4, 0.5) is 24.8 Å². The number of amides is 1. The highest BCUT2D eigenvalue weighted by Gasteiger charge is 2.46. The molecule has 9 nitrogen and oxygen atoms in total. The topological polar surface area (TPSA) is 89.3 Å². The van der Waals surface area contributed by atoms with E-state index in [0.717, 1.165) is 42.1 Å². The molecule has 0 N–H and O–H groups in total.